The van der Waals surface area contributed by atoms with Crippen LogP contribution in [-0.2, 0) is 38.1 Å². The number of aliphatic hydroxyl groups excluding tert-OH is 10. The molecular formula is C25H42N2NaO19. The van der Waals surface area contributed by atoms with E-state index in [4.69, 9.17) is 18.9 Å². The van der Waals surface area contributed by atoms with E-state index in [0.717, 1.165) is 13.8 Å². The number of aliphatic hydroxyl groups is 10. The molecule has 0 unspecified atom stereocenters. The summed E-state index contributed by atoms with van der Waals surface area (Å²) in [4.78, 5) is 47.3. The summed E-state index contributed by atoms with van der Waals surface area (Å²) in [5, 5.41) is 118. The summed E-state index contributed by atoms with van der Waals surface area (Å²) in [5.41, 5.74) is 0. The van der Waals surface area contributed by atoms with Crippen molar-refractivity contribution in [3.8, 4) is 0 Å². The average Bonchev–Trinajstić information content (AvgIpc) is 3.00. The zero-order chi connectivity index (χ0) is 35.1. The maximum Gasteiger partial charge on any atom is 0.364 e. The summed E-state index contributed by atoms with van der Waals surface area (Å²) >= 11 is 0. The minimum absolute atomic E-state index is 0. The Morgan fingerprint density at radius 1 is 0.979 bits per heavy atom. The first-order chi connectivity index (χ1) is 21.5. The van der Waals surface area contributed by atoms with Crippen LogP contribution in [-0.4, -0.2) is 221 Å². The molecule has 2 amide bonds. The zero-order valence-electron chi connectivity index (χ0n) is 25.7. The van der Waals surface area contributed by atoms with E-state index in [-0.39, 0.29) is 35.8 Å². The summed E-state index contributed by atoms with van der Waals surface area (Å²) in [7, 11) is 0. The van der Waals surface area contributed by atoms with Gasteiger partial charge in [-0.15, -0.1) is 0 Å². The van der Waals surface area contributed by atoms with Crippen molar-refractivity contribution < 1.29 is 94.3 Å². The second-order valence-corrected chi connectivity index (χ2v) is 10.9. The quantitative estimate of drug-likeness (QED) is 0.0526. The van der Waals surface area contributed by atoms with Crippen LogP contribution in [0.1, 0.15) is 20.3 Å². The van der Waals surface area contributed by atoms with Gasteiger partial charge in [0.15, 0.2) is 6.29 Å². The fourth-order valence-electron chi connectivity index (χ4n) is 5.07. The van der Waals surface area contributed by atoms with Crippen LogP contribution in [0.4, 0.5) is 0 Å². The van der Waals surface area contributed by atoms with Crippen LogP contribution in [0, 0.1) is 0 Å². The van der Waals surface area contributed by atoms with Gasteiger partial charge in [-0.1, -0.05) is 0 Å². The molecule has 21 nitrogen and oxygen atoms in total. The SMILES string of the molecule is CC(=O)N[C@H]1[C@H]([C@H](O)[C@H](O)CO)O[C@@](O[C@H]2[C@@H](O)[C@@H](CO)O[C@@H](O[C@@H]([C@H](O)[C@H](C=O)NC(C)=O)[C@H](O)CO)[C@@H]2O)(C(=O)O)C[C@@H]1O.[Na]. The van der Waals surface area contributed by atoms with E-state index in [2.05, 4.69) is 10.6 Å². The summed E-state index contributed by atoms with van der Waals surface area (Å²) in [6, 6.07) is -3.30. The molecule has 13 N–H and O–H groups in total. The Balaban J connectivity index is 0.0000110. The Kier molecular flexibility index (Phi) is 17.7. The fraction of sp³-hybridized carbons (Fsp3) is 0.840. The smallest absolute Gasteiger partial charge is 0.364 e. The maximum absolute atomic E-state index is 12.6. The number of carbonyl (C=O) groups excluding carboxylic acids is 3. The van der Waals surface area contributed by atoms with Gasteiger partial charge in [-0.25, -0.2) is 4.79 Å². The number of aldehydes is 1. The molecule has 2 saturated heterocycles. The number of amides is 2. The molecule has 2 rings (SSSR count). The standard InChI is InChI=1S/C25H42N2O19.Na/c1-8(32)26-10(4-28)16(37)20(13(36)6-30)44-23-19(40)22(18(39)14(7-31)43-23)46-25(24(41)42)3-11(34)15(27-9(2)33)21(45-25)17(38)12(35)5-29;/h4,10-23,29-31,34-40H,3,5-7H2,1-2H3,(H,26,32)(H,27,33)(H,41,42);/t10-,11-,12+,13+,14+,15+,16+,17+,18-,19+,20+,21+,22-,23-,25-;/m0./s1. The first kappa shape index (κ1) is 43.5. The monoisotopic (exact) mass is 697 g/mol. The molecule has 22 heteroatoms. The van der Waals surface area contributed by atoms with E-state index in [1.807, 2.05) is 0 Å². The van der Waals surface area contributed by atoms with Crippen molar-refractivity contribution >= 4 is 53.6 Å². The van der Waals surface area contributed by atoms with Gasteiger partial charge in [0.2, 0.25) is 11.8 Å². The van der Waals surface area contributed by atoms with Crippen molar-refractivity contribution in [2.75, 3.05) is 19.8 Å². The van der Waals surface area contributed by atoms with Crippen LogP contribution in [0.25, 0.3) is 0 Å². The van der Waals surface area contributed by atoms with Crippen LogP contribution in [0.5, 0.6) is 0 Å². The normalized spacial score (nSPS) is 34.8. The molecule has 267 valence electrons. The van der Waals surface area contributed by atoms with Crippen molar-refractivity contribution in [3.05, 3.63) is 0 Å². The van der Waals surface area contributed by atoms with E-state index >= 15 is 0 Å². The molecule has 0 bridgehead atoms. The molecule has 0 aromatic rings. The van der Waals surface area contributed by atoms with Crippen molar-refractivity contribution in [1.82, 2.24) is 10.6 Å². The van der Waals surface area contributed by atoms with Crippen LogP contribution in [0.3, 0.4) is 0 Å². The fourth-order valence-corrected chi connectivity index (χ4v) is 5.07. The number of ether oxygens (including phenoxy) is 4. The third-order valence-electron chi connectivity index (χ3n) is 7.41. The Bertz CT molecular complexity index is 1040. The molecule has 0 aromatic heterocycles. The van der Waals surface area contributed by atoms with Gasteiger partial charge < -0.3 is 90.5 Å². The molecule has 47 heavy (non-hydrogen) atoms. The van der Waals surface area contributed by atoms with E-state index < -0.39 is 135 Å². The number of carboxylic acids is 1. The predicted molar refractivity (Wildman–Crippen MR) is 149 cm³/mol. The van der Waals surface area contributed by atoms with E-state index in [1.165, 1.54) is 0 Å². The molecular weight excluding hydrogens is 655 g/mol. The number of hydrogen-bond donors (Lipinski definition) is 13. The van der Waals surface area contributed by atoms with Crippen molar-refractivity contribution in [3.63, 3.8) is 0 Å². The maximum atomic E-state index is 12.6. The van der Waals surface area contributed by atoms with Gasteiger partial charge in [0, 0.05) is 49.8 Å². The largest absolute Gasteiger partial charge is 0.477 e. The molecule has 15 atom stereocenters. The molecule has 0 aliphatic carbocycles. The molecule has 0 aromatic carbocycles. The minimum Gasteiger partial charge on any atom is -0.477 e. The summed E-state index contributed by atoms with van der Waals surface area (Å²) in [5.74, 6) is -6.66. The Morgan fingerprint density at radius 2 is 1.57 bits per heavy atom. The molecule has 0 spiro atoms. The summed E-state index contributed by atoms with van der Waals surface area (Å²) in [6.45, 7) is -1.19. The average molecular weight is 698 g/mol. The number of carboxylic acid groups (broad SMARTS) is 1. The van der Waals surface area contributed by atoms with E-state index in [0.29, 0.717) is 0 Å². The molecule has 2 fully saturated rings. The van der Waals surface area contributed by atoms with Crippen LogP contribution < -0.4 is 10.6 Å². The van der Waals surface area contributed by atoms with Crippen LogP contribution in [0.2, 0.25) is 0 Å². The molecule has 1 radical (unpaired) electrons. The predicted octanol–water partition coefficient (Wildman–Crippen LogP) is -8.62. The number of rotatable bonds is 16. The topological polar surface area (TPSA) is 352 Å². The molecule has 2 aliphatic heterocycles. The van der Waals surface area contributed by atoms with Gasteiger partial charge >= 0.3 is 5.97 Å². The van der Waals surface area contributed by atoms with Crippen molar-refractivity contribution in [2.24, 2.45) is 0 Å². The number of hydrogen-bond acceptors (Lipinski definition) is 18. The van der Waals surface area contributed by atoms with Gasteiger partial charge in [-0.2, -0.15) is 0 Å². The first-order valence-electron chi connectivity index (χ1n) is 14.0. The first-order valence-corrected chi connectivity index (χ1v) is 14.0. The molecule has 2 heterocycles. The molecule has 2 aliphatic rings. The minimum atomic E-state index is -3.08. The number of carbonyl (C=O) groups is 4. The van der Waals surface area contributed by atoms with Crippen LogP contribution >= 0.6 is 0 Å². The van der Waals surface area contributed by atoms with Gasteiger partial charge in [-0.05, 0) is 0 Å². The zero-order valence-corrected chi connectivity index (χ0v) is 27.7. The summed E-state index contributed by atoms with van der Waals surface area (Å²) < 4.78 is 21.8. The van der Waals surface area contributed by atoms with Gasteiger partial charge in [0.05, 0.1) is 32.0 Å². The third kappa shape index (κ3) is 10.5. The summed E-state index contributed by atoms with van der Waals surface area (Å²) in [6.07, 6.45) is -25.6. The van der Waals surface area contributed by atoms with E-state index in [1.54, 1.807) is 0 Å². The number of aliphatic carboxylic acids is 1. The van der Waals surface area contributed by atoms with Crippen molar-refractivity contribution in [2.45, 2.75) is 112 Å². The third-order valence-corrected chi connectivity index (χ3v) is 7.41. The Hall–Kier alpha value is -1.48. The second kappa shape index (κ2) is 19.1. The number of nitrogens with one attached hydrogen (secondary N) is 2. The van der Waals surface area contributed by atoms with Crippen molar-refractivity contribution in [1.29, 1.82) is 0 Å². The Morgan fingerprint density at radius 3 is 2.04 bits per heavy atom. The van der Waals surface area contributed by atoms with Gasteiger partial charge in [-0.3, -0.25) is 9.59 Å². The van der Waals surface area contributed by atoms with Gasteiger partial charge in [0.1, 0.15) is 73.4 Å². The van der Waals surface area contributed by atoms with Gasteiger partial charge in [0.25, 0.3) is 5.79 Å². The van der Waals surface area contributed by atoms with E-state index in [9.17, 15) is 75.3 Å². The van der Waals surface area contributed by atoms with Crippen LogP contribution in [0.15, 0.2) is 0 Å². The second-order valence-electron chi connectivity index (χ2n) is 10.9. The Labute approximate surface area is 289 Å². The molecule has 0 saturated carbocycles.